The van der Waals surface area contributed by atoms with E-state index >= 15 is 0 Å². The first-order valence-corrected chi connectivity index (χ1v) is 6.26. The molecule has 0 saturated heterocycles. The third-order valence-corrected chi connectivity index (χ3v) is 3.90. The average Bonchev–Trinajstić information content (AvgIpc) is 2.97. The van der Waals surface area contributed by atoms with E-state index in [1.807, 2.05) is 0 Å². The molecular formula is C9H4N2O5S2. The van der Waals surface area contributed by atoms with Gasteiger partial charge in [0.2, 0.25) is 5.78 Å². The summed E-state index contributed by atoms with van der Waals surface area (Å²) in [5.41, 5.74) is -0.652. The molecule has 0 atom stereocenters. The van der Waals surface area contributed by atoms with Gasteiger partial charge in [0, 0.05) is 12.1 Å². The largest absolute Gasteiger partial charge is 0.291 e. The molecule has 9 heteroatoms. The molecule has 2 aromatic heterocycles. The molecule has 0 saturated carbocycles. The number of carbonyl (C=O) groups is 1. The van der Waals surface area contributed by atoms with Crippen LogP contribution in [0.15, 0.2) is 22.9 Å². The number of thiophene rings is 2. The van der Waals surface area contributed by atoms with Crippen LogP contribution < -0.4 is 0 Å². The van der Waals surface area contributed by atoms with Crippen LogP contribution in [-0.4, -0.2) is 15.6 Å². The highest BCUT2D eigenvalue weighted by molar-refractivity contribution is 7.16. The summed E-state index contributed by atoms with van der Waals surface area (Å²) >= 11 is 1.79. The normalized spacial score (nSPS) is 10.2. The molecule has 0 aromatic carbocycles. The fraction of sp³-hybridized carbons (Fsp3) is 0. The number of hydrogen-bond donors (Lipinski definition) is 0. The molecule has 0 bridgehead atoms. The van der Waals surface area contributed by atoms with Gasteiger partial charge in [-0.2, -0.15) is 0 Å². The van der Waals surface area contributed by atoms with Gasteiger partial charge in [0.05, 0.1) is 9.85 Å². The van der Waals surface area contributed by atoms with E-state index in [2.05, 4.69) is 0 Å². The number of carbonyl (C=O) groups excluding carboxylic acids is 1. The Balaban J connectivity index is 2.48. The van der Waals surface area contributed by atoms with Gasteiger partial charge in [0.1, 0.15) is 0 Å². The summed E-state index contributed by atoms with van der Waals surface area (Å²) in [6, 6.07) is 2.41. The first-order chi connectivity index (χ1) is 8.52. The quantitative estimate of drug-likeness (QED) is 0.487. The van der Waals surface area contributed by atoms with Crippen molar-refractivity contribution in [2.45, 2.75) is 0 Å². The number of hydrogen-bond acceptors (Lipinski definition) is 7. The SMILES string of the molecule is O=C(c1sccc1[N+](=O)[O-])c1sccc1[N+](=O)[O-]. The lowest BCUT2D eigenvalue weighted by Gasteiger charge is -1.95. The van der Waals surface area contributed by atoms with Crippen LogP contribution in [0.1, 0.15) is 14.5 Å². The van der Waals surface area contributed by atoms with E-state index in [-0.39, 0.29) is 21.1 Å². The van der Waals surface area contributed by atoms with Crippen LogP contribution in [0.5, 0.6) is 0 Å². The van der Waals surface area contributed by atoms with Crippen molar-refractivity contribution in [3.8, 4) is 0 Å². The van der Waals surface area contributed by atoms with Crippen LogP contribution in [0.2, 0.25) is 0 Å². The van der Waals surface area contributed by atoms with Crippen LogP contribution >= 0.6 is 22.7 Å². The Morgan fingerprint density at radius 2 is 1.33 bits per heavy atom. The minimum absolute atomic E-state index is 0.0921. The van der Waals surface area contributed by atoms with Gasteiger partial charge in [0.25, 0.3) is 11.4 Å². The van der Waals surface area contributed by atoms with E-state index in [4.69, 9.17) is 0 Å². The molecule has 0 aliphatic heterocycles. The van der Waals surface area contributed by atoms with Gasteiger partial charge < -0.3 is 0 Å². The highest BCUT2D eigenvalue weighted by Crippen LogP contribution is 2.32. The maximum absolute atomic E-state index is 12.0. The zero-order chi connectivity index (χ0) is 13.3. The molecule has 7 nitrogen and oxygen atoms in total. The Bertz CT molecular complexity index is 591. The topological polar surface area (TPSA) is 103 Å². The molecule has 2 aromatic rings. The van der Waals surface area contributed by atoms with Gasteiger partial charge in [-0.3, -0.25) is 25.0 Å². The Hall–Kier alpha value is -2.13. The van der Waals surface area contributed by atoms with Gasteiger partial charge >= 0.3 is 0 Å². The lowest BCUT2D eigenvalue weighted by atomic mass is 10.2. The molecule has 2 rings (SSSR count). The van der Waals surface area contributed by atoms with Crippen molar-refractivity contribution in [1.82, 2.24) is 0 Å². The smallest absolute Gasteiger partial charge is 0.286 e. The summed E-state index contributed by atoms with van der Waals surface area (Å²) in [6.45, 7) is 0. The fourth-order valence-electron chi connectivity index (χ4n) is 1.34. The van der Waals surface area contributed by atoms with Gasteiger partial charge in [-0.05, 0) is 10.8 Å². The fourth-order valence-corrected chi connectivity index (χ4v) is 3.01. The second-order valence-corrected chi connectivity index (χ2v) is 4.95. The number of ketones is 1. The minimum atomic E-state index is -0.682. The van der Waals surface area contributed by atoms with Gasteiger partial charge in [0.15, 0.2) is 9.75 Å². The monoisotopic (exact) mass is 284 g/mol. The number of rotatable bonds is 4. The zero-order valence-corrected chi connectivity index (χ0v) is 10.2. The summed E-state index contributed by atoms with van der Waals surface area (Å²) in [5.74, 6) is -0.682. The third kappa shape index (κ3) is 2.00. The van der Waals surface area contributed by atoms with Crippen molar-refractivity contribution < 1.29 is 14.6 Å². The molecule has 0 radical (unpaired) electrons. The first-order valence-electron chi connectivity index (χ1n) is 4.51. The van der Waals surface area contributed by atoms with Crippen molar-refractivity contribution in [3.05, 3.63) is 52.9 Å². The summed E-state index contributed by atoms with van der Waals surface area (Å²) < 4.78 is 0. The van der Waals surface area contributed by atoms with Crippen LogP contribution in [0, 0.1) is 20.2 Å². The van der Waals surface area contributed by atoms with Crippen molar-refractivity contribution in [2.24, 2.45) is 0 Å². The lowest BCUT2D eigenvalue weighted by molar-refractivity contribution is -0.385. The summed E-state index contributed by atoms with van der Waals surface area (Å²) in [4.78, 5) is 31.9. The highest BCUT2D eigenvalue weighted by Gasteiger charge is 2.29. The molecule has 0 N–H and O–H groups in total. The van der Waals surface area contributed by atoms with Gasteiger partial charge in [-0.25, -0.2) is 0 Å². The first kappa shape index (κ1) is 12.3. The summed E-state index contributed by atoms with van der Waals surface area (Å²) in [7, 11) is 0. The molecule has 0 unspecified atom stereocenters. The second kappa shape index (κ2) is 4.63. The van der Waals surface area contributed by atoms with E-state index in [0.717, 1.165) is 22.7 Å². The molecule has 0 aliphatic carbocycles. The lowest BCUT2D eigenvalue weighted by Crippen LogP contribution is -2.02. The van der Waals surface area contributed by atoms with E-state index in [1.165, 1.54) is 22.9 Å². The maximum Gasteiger partial charge on any atom is 0.291 e. The molecule has 18 heavy (non-hydrogen) atoms. The van der Waals surface area contributed by atoms with Crippen molar-refractivity contribution in [1.29, 1.82) is 0 Å². The van der Waals surface area contributed by atoms with Crippen molar-refractivity contribution >= 4 is 39.8 Å². The molecule has 0 amide bonds. The average molecular weight is 284 g/mol. The second-order valence-electron chi connectivity index (χ2n) is 3.11. The standard InChI is InChI=1S/C9H4N2O5S2/c12-7(8-5(10(13)14)1-3-17-8)9-6(11(15)16)2-4-18-9/h1-4H. The van der Waals surface area contributed by atoms with E-state index in [9.17, 15) is 25.0 Å². The molecule has 0 fully saturated rings. The van der Waals surface area contributed by atoms with Gasteiger partial charge in [-0.15, -0.1) is 22.7 Å². The predicted octanol–water partition coefficient (Wildman–Crippen LogP) is 2.86. The predicted molar refractivity (Wildman–Crippen MR) is 65.4 cm³/mol. The van der Waals surface area contributed by atoms with Gasteiger partial charge in [-0.1, -0.05) is 0 Å². The molecule has 92 valence electrons. The Morgan fingerprint density at radius 3 is 1.67 bits per heavy atom. The van der Waals surface area contributed by atoms with E-state index in [1.54, 1.807) is 0 Å². The zero-order valence-electron chi connectivity index (χ0n) is 8.56. The summed E-state index contributed by atoms with van der Waals surface area (Å²) in [5, 5.41) is 24.2. The van der Waals surface area contributed by atoms with E-state index < -0.39 is 15.6 Å². The Morgan fingerprint density at radius 1 is 0.944 bits per heavy atom. The van der Waals surface area contributed by atoms with Crippen molar-refractivity contribution in [2.75, 3.05) is 0 Å². The highest BCUT2D eigenvalue weighted by atomic mass is 32.1. The number of nitrogens with zero attached hydrogens (tertiary/aromatic N) is 2. The van der Waals surface area contributed by atoms with Crippen molar-refractivity contribution in [3.63, 3.8) is 0 Å². The summed E-state index contributed by atoms with van der Waals surface area (Å²) in [6.07, 6.45) is 0. The molecule has 2 heterocycles. The molecular weight excluding hydrogens is 280 g/mol. The molecule has 0 spiro atoms. The van der Waals surface area contributed by atoms with Crippen LogP contribution in [0.4, 0.5) is 11.4 Å². The Labute approximate surface area is 108 Å². The van der Waals surface area contributed by atoms with E-state index in [0.29, 0.717) is 0 Å². The number of nitro groups is 2. The third-order valence-electron chi connectivity index (χ3n) is 2.09. The molecule has 0 aliphatic rings. The Kier molecular flexibility index (Phi) is 3.17. The van der Waals surface area contributed by atoms with Crippen LogP contribution in [-0.2, 0) is 0 Å². The minimum Gasteiger partial charge on any atom is -0.286 e. The van der Waals surface area contributed by atoms with Crippen LogP contribution in [0.25, 0.3) is 0 Å². The maximum atomic E-state index is 12.0. The van der Waals surface area contributed by atoms with Crippen LogP contribution in [0.3, 0.4) is 0 Å².